The zero-order chi connectivity index (χ0) is 14.3. The van der Waals surface area contributed by atoms with Gasteiger partial charge < -0.3 is 15.2 Å². The van der Waals surface area contributed by atoms with E-state index in [1.807, 2.05) is 13.0 Å². The first-order valence-corrected chi connectivity index (χ1v) is 7.15. The lowest BCUT2D eigenvalue weighted by atomic mass is 10.0. The lowest BCUT2D eigenvalue weighted by molar-refractivity contribution is 0.212. The maximum Gasteiger partial charge on any atom is 0.122 e. The van der Waals surface area contributed by atoms with Crippen LogP contribution in [-0.4, -0.2) is 30.9 Å². The van der Waals surface area contributed by atoms with Gasteiger partial charge in [0.25, 0.3) is 0 Å². The van der Waals surface area contributed by atoms with Gasteiger partial charge in [0, 0.05) is 6.04 Å². The van der Waals surface area contributed by atoms with Crippen molar-refractivity contribution in [2.24, 2.45) is 5.92 Å². The summed E-state index contributed by atoms with van der Waals surface area (Å²) in [5.74, 6) is 1.42. The number of nitrogens with one attached hydrogen (secondary N) is 1. The molecule has 0 radical (unpaired) electrons. The summed E-state index contributed by atoms with van der Waals surface area (Å²) in [6.45, 7) is 10.1. The van der Waals surface area contributed by atoms with Crippen LogP contribution in [0.4, 0.5) is 0 Å². The second-order valence-corrected chi connectivity index (χ2v) is 5.27. The van der Waals surface area contributed by atoms with E-state index in [2.05, 4.69) is 38.2 Å². The summed E-state index contributed by atoms with van der Waals surface area (Å²) in [6.07, 6.45) is 0.969. The summed E-state index contributed by atoms with van der Waals surface area (Å²) >= 11 is 0. The van der Waals surface area contributed by atoms with E-state index in [0.717, 1.165) is 18.7 Å². The fourth-order valence-corrected chi connectivity index (χ4v) is 2.10. The predicted molar refractivity (Wildman–Crippen MR) is 79.8 cm³/mol. The molecule has 1 aromatic rings. The normalized spacial score (nSPS) is 12.7. The van der Waals surface area contributed by atoms with E-state index in [4.69, 9.17) is 4.74 Å². The average molecular weight is 265 g/mol. The second-order valence-electron chi connectivity index (χ2n) is 5.27. The Labute approximate surface area is 117 Å². The molecule has 0 saturated carbocycles. The van der Waals surface area contributed by atoms with Gasteiger partial charge in [-0.2, -0.15) is 0 Å². The molecule has 1 atom stereocenters. The first-order valence-electron chi connectivity index (χ1n) is 7.15. The molecule has 0 saturated heterocycles. The van der Waals surface area contributed by atoms with Gasteiger partial charge in [-0.1, -0.05) is 26.0 Å². The fourth-order valence-electron chi connectivity index (χ4n) is 2.10. The van der Waals surface area contributed by atoms with E-state index in [1.54, 1.807) is 0 Å². The number of aliphatic hydroxyl groups excluding tert-OH is 1. The Morgan fingerprint density at radius 1 is 1.32 bits per heavy atom. The first kappa shape index (κ1) is 16.0. The zero-order valence-electron chi connectivity index (χ0n) is 12.6. The molecule has 0 spiro atoms. The number of hydrogen-bond acceptors (Lipinski definition) is 3. The predicted octanol–water partition coefficient (Wildman–Crippen LogP) is 2.54. The first-order chi connectivity index (χ1) is 9.08. The monoisotopic (exact) mass is 265 g/mol. The van der Waals surface area contributed by atoms with E-state index < -0.39 is 0 Å². The Kier molecular flexibility index (Phi) is 6.89. The average Bonchev–Trinajstić information content (AvgIpc) is 2.37. The Morgan fingerprint density at radius 3 is 2.58 bits per heavy atom. The highest BCUT2D eigenvalue weighted by Crippen LogP contribution is 2.19. The molecule has 1 rings (SSSR count). The molecule has 0 amide bonds. The lowest BCUT2D eigenvalue weighted by Gasteiger charge is -2.20. The number of benzene rings is 1. The third-order valence-corrected chi connectivity index (χ3v) is 3.36. The molecule has 1 unspecified atom stereocenters. The molecule has 1 aromatic carbocycles. The van der Waals surface area contributed by atoms with Crippen molar-refractivity contribution in [2.75, 3.05) is 19.8 Å². The van der Waals surface area contributed by atoms with Crippen molar-refractivity contribution in [3.8, 4) is 5.75 Å². The molecule has 2 N–H and O–H groups in total. The summed E-state index contributed by atoms with van der Waals surface area (Å²) in [4.78, 5) is 0. The lowest BCUT2D eigenvalue weighted by Crippen LogP contribution is -2.38. The molecule has 0 heterocycles. The fraction of sp³-hybridized carbons (Fsp3) is 0.625. The SMILES string of the molecule is CCOc1ccc(CCNC(CO)C(C)C)cc1C. The van der Waals surface area contributed by atoms with Crippen molar-refractivity contribution in [1.29, 1.82) is 0 Å². The minimum absolute atomic E-state index is 0.184. The second kappa shape index (κ2) is 8.18. The molecule has 0 aliphatic heterocycles. The highest BCUT2D eigenvalue weighted by Gasteiger charge is 2.10. The van der Waals surface area contributed by atoms with Crippen LogP contribution in [0.5, 0.6) is 5.75 Å². The van der Waals surface area contributed by atoms with Crippen molar-refractivity contribution in [3.63, 3.8) is 0 Å². The molecule has 0 aliphatic carbocycles. The molecule has 3 heteroatoms. The molecule has 0 fully saturated rings. The highest BCUT2D eigenvalue weighted by atomic mass is 16.5. The highest BCUT2D eigenvalue weighted by molar-refractivity contribution is 5.36. The Hall–Kier alpha value is -1.06. The Bertz CT molecular complexity index is 377. The molecular formula is C16H27NO2. The number of hydrogen-bond donors (Lipinski definition) is 2. The summed E-state index contributed by atoms with van der Waals surface area (Å²) in [6, 6.07) is 6.52. The van der Waals surface area contributed by atoms with Crippen molar-refractivity contribution < 1.29 is 9.84 Å². The number of aliphatic hydroxyl groups is 1. The summed E-state index contributed by atoms with van der Waals surface area (Å²) in [5.41, 5.74) is 2.48. The largest absolute Gasteiger partial charge is 0.494 e. The maximum absolute atomic E-state index is 9.25. The van der Waals surface area contributed by atoms with Crippen molar-refractivity contribution in [3.05, 3.63) is 29.3 Å². The molecule has 0 aliphatic rings. The smallest absolute Gasteiger partial charge is 0.122 e. The van der Waals surface area contributed by atoms with Gasteiger partial charge in [-0.25, -0.2) is 0 Å². The van der Waals surface area contributed by atoms with E-state index in [-0.39, 0.29) is 12.6 Å². The van der Waals surface area contributed by atoms with Gasteiger partial charge in [0.1, 0.15) is 5.75 Å². The third kappa shape index (κ3) is 5.21. The number of ether oxygens (including phenoxy) is 1. The van der Waals surface area contributed by atoms with Crippen molar-refractivity contribution in [2.45, 2.75) is 40.2 Å². The molecule has 108 valence electrons. The summed E-state index contributed by atoms with van der Waals surface area (Å²) in [5, 5.41) is 12.6. The van der Waals surface area contributed by atoms with Crippen LogP contribution in [0.15, 0.2) is 18.2 Å². The Balaban J connectivity index is 2.47. The Morgan fingerprint density at radius 2 is 2.05 bits per heavy atom. The van der Waals surface area contributed by atoms with Crippen LogP contribution >= 0.6 is 0 Å². The minimum Gasteiger partial charge on any atom is -0.494 e. The quantitative estimate of drug-likeness (QED) is 0.759. The van der Waals surface area contributed by atoms with Crippen LogP contribution in [0.1, 0.15) is 31.9 Å². The van der Waals surface area contributed by atoms with E-state index >= 15 is 0 Å². The zero-order valence-corrected chi connectivity index (χ0v) is 12.6. The molecule has 0 aromatic heterocycles. The van der Waals surface area contributed by atoms with Crippen LogP contribution < -0.4 is 10.1 Å². The summed E-state index contributed by atoms with van der Waals surface area (Å²) in [7, 11) is 0. The van der Waals surface area contributed by atoms with Crippen molar-refractivity contribution >= 4 is 0 Å². The summed E-state index contributed by atoms with van der Waals surface area (Å²) < 4.78 is 5.53. The van der Waals surface area contributed by atoms with Crippen LogP contribution in [0.2, 0.25) is 0 Å². The molecule has 0 bridgehead atoms. The van der Waals surface area contributed by atoms with Crippen LogP contribution in [0, 0.1) is 12.8 Å². The van der Waals surface area contributed by atoms with Crippen molar-refractivity contribution in [1.82, 2.24) is 5.32 Å². The topological polar surface area (TPSA) is 41.5 Å². The standard InChI is InChI=1S/C16H27NO2/c1-5-19-16-7-6-14(10-13(16)4)8-9-17-15(11-18)12(2)3/h6-7,10,12,15,17-18H,5,8-9,11H2,1-4H3. The van der Waals surface area contributed by atoms with E-state index in [9.17, 15) is 5.11 Å². The van der Waals surface area contributed by atoms with Gasteiger partial charge in [-0.15, -0.1) is 0 Å². The van der Waals surface area contributed by atoms with Crippen LogP contribution in [0.3, 0.4) is 0 Å². The molecule has 19 heavy (non-hydrogen) atoms. The third-order valence-electron chi connectivity index (χ3n) is 3.36. The van der Waals surface area contributed by atoms with Gasteiger partial charge >= 0.3 is 0 Å². The minimum atomic E-state index is 0.184. The maximum atomic E-state index is 9.25. The molecule has 3 nitrogen and oxygen atoms in total. The molecular weight excluding hydrogens is 238 g/mol. The van der Waals surface area contributed by atoms with Gasteiger partial charge in [-0.05, 0) is 49.9 Å². The number of rotatable bonds is 8. The van der Waals surface area contributed by atoms with E-state index in [1.165, 1.54) is 11.1 Å². The van der Waals surface area contributed by atoms with Crippen LogP contribution in [-0.2, 0) is 6.42 Å². The van der Waals surface area contributed by atoms with Gasteiger partial charge in [0.15, 0.2) is 0 Å². The van der Waals surface area contributed by atoms with Gasteiger partial charge in [-0.3, -0.25) is 0 Å². The van der Waals surface area contributed by atoms with Crippen LogP contribution in [0.25, 0.3) is 0 Å². The number of aryl methyl sites for hydroxylation is 1. The van der Waals surface area contributed by atoms with Gasteiger partial charge in [0.2, 0.25) is 0 Å². The van der Waals surface area contributed by atoms with Gasteiger partial charge in [0.05, 0.1) is 13.2 Å². The van der Waals surface area contributed by atoms with E-state index in [0.29, 0.717) is 12.5 Å².